The van der Waals surface area contributed by atoms with Crippen molar-refractivity contribution in [3.05, 3.63) is 53.3 Å². The summed E-state index contributed by atoms with van der Waals surface area (Å²) >= 11 is 0. The summed E-state index contributed by atoms with van der Waals surface area (Å²) in [5.74, 6) is 0.668. The second kappa shape index (κ2) is 8.63. The maximum Gasteiger partial charge on any atom is 0.434 e. The molecule has 2 fully saturated rings. The first kappa shape index (κ1) is 24.1. The van der Waals surface area contributed by atoms with Gasteiger partial charge in [-0.05, 0) is 66.8 Å². The van der Waals surface area contributed by atoms with Gasteiger partial charge in [0, 0.05) is 25.9 Å². The molecule has 2 aliphatic heterocycles. The van der Waals surface area contributed by atoms with Crippen LogP contribution in [0.2, 0.25) is 0 Å². The van der Waals surface area contributed by atoms with Gasteiger partial charge in [0.25, 0.3) is 0 Å². The summed E-state index contributed by atoms with van der Waals surface area (Å²) in [5.41, 5.74) is 1.10. The largest absolute Gasteiger partial charge is 0.487 e. The van der Waals surface area contributed by atoms with E-state index in [1.165, 1.54) is 4.52 Å². The van der Waals surface area contributed by atoms with E-state index in [9.17, 15) is 23.1 Å². The monoisotopic (exact) mass is 514 g/mol. The summed E-state index contributed by atoms with van der Waals surface area (Å²) in [5, 5.41) is 14.0. The number of halogens is 3. The smallest absolute Gasteiger partial charge is 0.434 e. The second-order valence-corrected chi connectivity index (χ2v) is 10.7. The number of aromatic nitrogens is 3. The fourth-order valence-electron chi connectivity index (χ4n) is 5.98. The Morgan fingerprint density at radius 2 is 1.92 bits per heavy atom. The van der Waals surface area contributed by atoms with Gasteiger partial charge in [-0.25, -0.2) is 9.50 Å². The molecule has 6 rings (SSSR count). The van der Waals surface area contributed by atoms with E-state index in [0.717, 1.165) is 61.6 Å². The van der Waals surface area contributed by atoms with Gasteiger partial charge in [0.05, 0.1) is 12.1 Å². The fourth-order valence-corrected chi connectivity index (χ4v) is 5.98. The topological polar surface area (TPSA) is 80.0 Å². The molecule has 4 heterocycles. The van der Waals surface area contributed by atoms with E-state index in [-0.39, 0.29) is 17.2 Å². The van der Waals surface area contributed by atoms with Crippen LogP contribution in [0.5, 0.6) is 5.75 Å². The van der Waals surface area contributed by atoms with Crippen LogP contribution in [0.15, 0.2) is 36.5 Å². The van der Waals surface area contributed by atoms with E-state index in [1.54, 1.807) is 19.1 Å². The van der Waals surface area contributed by atoms with Gasteiger partial charge < -0.3 is 14.7 Å². The van der Waals surface area contributed by atoms with E-state index >= 15 is 0 Å². The lowest BCUT2D eigenvalue weighted by molar-refractivity contribution is -0.142. The number of alkyl halides is 3. The Kier molecular flexibility index (Phi) is 5.61. The van der Waals surface area contributed by atoms with Crippen LogP contribution in [0.25, 0.3) is 5.65 Å². The number of nitrogens with zero attached hydrogens (tertiary/aromatic N) is 4. The fraction of sp³-hybridized carbons (Fsp3) is 0.519. The number of anilines is 1. The third-order valence-electron chi connectivity index (χ3n) is 8.31. The molecule has 1 saturated carbocycles. The number of rotatable bonds is 5. The molecule has 2 unspecified atom stereocenters. The van der Waals surface area contributed by atoms with Crippen molar-refractivity contribution in [1.82, 2.24) is 14.6 Å². The summed E-state index contributed by atoms with van der Waals surface area (Å²) in [6.45, 7) is 3.14. The lowest BCUT2D eigenvalue weighted by atomic mass is 9.80. The number of aryl methyl sites for hydroxylation is 1. The summed E-state index contributed by atoms with van der Waals surface area (Å²) in [6.07, 6.45) is 1.88. The Morgan fingerprint density at radius 3 is 2.59 bits per heavy atom. The SMILES string of the molecule is CC(C(=O)O)C(c1ccc2c(c1)OC1(CC2)CCN(c2ccc3nc(C(F)(F)F)cn3n2)CC1)C1CC1. The number of aliphatic carboxylic acids is 1. The van der Waals surface area contributed by atoms with Crippen molar-refractivity contribution in [3.8, 4) is 5.75 Å². The zero-order valence-electron chi connectivity index (χ0n) is 20.5. The minimum atomic E-state index is -4.51. The van der Waals surface area contributed by atoms with Crippen molar-refractivity contribution in [2.45, 2.75) is 63.1 Å². The van der Waals surface area contributed by atoms with Crippen LogP contribution in [0.3, 0.4) is 0 Å². The van der Waals surface area contributed by atoms with Crippen LogP contribution in [0.4, 0.5) is 19.0 Å². The van der Waals surface area contributed by atoms with Crippen molar-refractivity contribution in [1.29, 1.82) is 0 Å². The zero-order chi connectivity index (χ0) is 25.9. The molecule has 0 bridgehead atoms. The van der Waals surface area contributed by atoms with Crippen LogP contribution in [0.1, 0.15) is 61.8 Å². The third kappa shape index (κ3) is 4.51. The molecule has 7 nitrogen and oxygen atoms in total. The third-order valence-corrected chi connectivity index (χ3v) is 8.31. The Labute approximate surface area is 212 Å². The highest BCUT2D eigenvalue weighted by molar-refractivity contribution is 5.71. The van der Waals surface area contributed by atoms with Crippen LogP contribution in [-0.4, -0.2) is 44.4 Å². The number of ether oxygens (including phenoxy) is 1. The number of hydrogen-bond donors (Lipinski definition) is 1. The molecule has 196 valence electrons. The average molecular weight is 515 g/mol. The molecule has 10 heteroatoms. The highest BCUT2D eigenvalue weighted by atomic mass is 19.4. The summed E-state index contributed by atoms with van der Waals surface area (Å²) in [4.78, 5) is 17.4. The van der Waals surface area contributed by atoms with E-state index in [2.05, 4.69) is 33.2 Å². The average Bonchev–Trinajstić information content (AvgIpc) is 3.59. The molecule has 1 spiro atoms. The van der Waals surface area contributed by atoms with Crippen LogP contribution in [0, 0.1) is 11.8 Å². The first-order valence-electron chi connectivity index (χ1n) is 12.9. The molecule has 37 heavy (non-hydrogen) atoms. The maximum atomic E-state index is 13.0. The van der Waals surface area contributed by atoms with Crippen molar-refractivity contribution in [2.75, 3.05) is 18.0 Å². The summed E-state index contributed by atoms with van der Waals surface area (Å²) in [6, 6.07) is 9.51. The predicted octanol–water partition coefficient (Wildman–Crippen LogP) is 5.33. The standard InChI is InChI=1S/C27H29F3N4O3/c1-16(25(35)36)24(18-3-4-18)19-5-2-17-8-9-26(37-20(17)14-19)10-12-33(13-11-26)23-7-6-22-31-21(27(28,29)30)15-34(22)32-23/h2,5-7,14-16,18,24H,3-4,8-13H2,1H3,(H,35,36). The van der Waals surface area contributed by atoms with Gasteiger partial charge in [-0.1, -0.05) is 19.1 Å². The van der Waals surface area contributed by atoms with E-state index in [1.807, 2.05) is 0 Å². The van der Waals surface area contributed by atoms with Crippen molar-refractivity contribution >= 4 is 17.4 Å². The number of fused-ring (bicyclic) bond motifs is 2. The van der Waals surface area contributed by atoms with Crippen molar-refractivity contribution < 1.29 is 27.8 Å². The summed E-state index contributed by atoms with van der Waals surface area (Å²) < 4.78 is 46.9. The van der Waals surface area contributed by atoms with E-state index < -0.39 is 23.8 Å². The minimum absolute atomic E-state index is 0.00634. The number of carboxylic acids is 1. The first-order valence-corrected chi connectivity index (χ1v) is 12.9. The molecule has 3 aliphatic rings. The lowest BCUT2D eigenvalue weighted by Gasteiger charge is -2.45. The molecule has 1 saturated heterocycles. The second-order valence-electron chi connectivity index (χ2n) is 10.7. The van der Waals surface area contributed by atoms with Gasteiger partial charge in [-0.3, -0.25) is 4.79 Å². The molecule has 0 amide bonds. The number of imidazole rings is 1. The molecule has 1 aliphatic carbocycles. The van der Waals surface area contributed by atoms with E-state index in [0.29, 0.717) is 24.8 Å². The lowest BCUT2D eigenvalue weighted by Crippen LogP contribution is -2.50. The highest BCUT2D eigenvalue weighted by Gasteiger charge is 2.42. The van der Waals surface area contributed by atoms with Gasteiger partial charge in [0.15, 0.2) is 11.3 Å². The molecule has 1 N–H and O–H groups in total. The molecule has 0 radical (unpaired) electrons. The maximum absolute atomic E-state index is 13.0. The van der Waals surface area contributed by atoms with Crippen LogP contribution in [-0.2, 0) is 17.4 Å². The molecule has 1 aromatic carbocycles. The Morgan fingerprint density at radius 1 is 1.16 bits per heavy atom. The van der Waals surface area contributed by atoms with Crippen LogP contribution < -0.4 is 9.64 Å². The van der Waals surface area contributed by atoms with Gasteiger partial charge in [-0.15, -0.1) is 5.10 Å². The predicted molar refractivity (Wildman–Crippen MR) is 130 cm³/mol. The minimum Gasteiger partial charge on any atom is -0.487 e. The molecular formula is C27H29F3N4O3. The van der Waals surface area contributed by atoms with Gasteiger partial charge in [-0.2, -0.15) is 13.2 Å². The number of benzene rings is 1. The highest BCUT2D eigenvalue weighted by Crippen LogP contribution is 2.49. The van der Waals surface area contributed by atoms with Gasteiger partial charge in [0.1, 0.15) is 17.2 Å². The van der Waals surface area contributed by atoms with Crippen LogP contribution >= 0.6 is 0 Å². The van der Waals surface area contributed by atoms with E-state index in [4.69, 9.17) is 4.74 Å². The number of hydrogen-bond acceptors (Lipinski definition) is 5. The Bertz CT molecular complexity index is 1340. The quantitative estimate of drug-likeness (QED) is 0.496. The van der Waals surface area contributed by atoms with Gasteiger partial charge in [0.2, 0.25) is 0 Å². The number of carboxylic acid groups (broad SMARTS) is 1. The molecule has 2 aromatic heterocycles. The Hall–Kier alpha value is -3.30. The first-order chi connectivity index (χ1) is 17.6. The summed E-state index contributed by atoms with van der Waals surface area (Å²) in [7, 11) is 0. The number of piperidine rings is 1. The van der Waals surface area contributed by atoms with Gasteiger partial charge >= 0.3 is 12.1 Å². The number of carbonyl (C=O) groups is 1. The zero-order valence-corrected chi connectivity index (χ0v) is 20.5. The van der Waals surface area contributed by atoms with Crippen molar-refractivity contribution in [3.63, 3.8) is 0 Å². The van der Waals surface area contributed by atoms with Crippen molar-refractivity contribution in [2.24, 2.45) is 11.8 Å². The molecule has 3 aromatic rings. The normalized spacial score (nSPS) is 20.9. The molecular weight excluding hydrogens is 485 g/mol. The Balaban J connectivity index is 1.18. The molecule has 2 atom stereocenters.